The first-order valence-electron chi connectivity index (χ1n) is 5.06. The third kappa shape index (κ3) is 2.98. The maximum Gasteiger partial charge on any atom is 0.242 e. The molecule has 4 nitrogen and oxygen atoms in total. The van der Waals surface area contributed by atoms with E-state index in [2.05, 4.69) is 25.6 Å². The zero-order chi connectivity index (χ0) is 13.2. The van der Waals surface area contributed by atoms with Gasteiger partial charge in [0, 0.05) is 16.4 Å². The standard InChI is InChI=1S/C11H10BrFN2O2S/c12-10-4-3-8(13)6-11(10)18(16,17)15-7-9-2-1-5-14-9/h1-6,14-15H,7H2. The summed E-state index contributed by atoms with van der Waals surface area (Å²) in [5, 5.41) is 0. The zero-order valence-electron chi connectivity index (χ0n) is 9.15. The van der Waals surface area contributed by atoms with E-state index < -0.39 is 15.8 Å². The summed E-state index contributed by atoms with van der Waals surface area (Å²) in [4.78, 5) is 2.76. The molecule has 2 N–H and O–H groups in total. The fourth-order valence-corrected chi connectivity index (χ4v) is 3.39. The number of rotatable bonds is 4. The fourth-order valence-electron chi connectivity index (χ4n) is 1.41. The Labute approximate surface area is 112 Å². The molecule has 2 aromatic rings. The number of hydrogen-bond acceptors (Lipinski definition) is 2. The van der Waals surface area contributed by atoms with Crippen molar-refractivity contribution in [2.24, 2.45) is 0 Å². The molecule has 0 radical (unpaired) electrons. The summed E-state index contributed by atoms with van der Waals surface area (Å²) in [5.41, 5.74) is 0.728. The Morgan fingerprint density at radius 3 is 2.78 bits per heavy atom. The first kappa shape index (κ1) is 13.3. The second kappa shape index (κ2) is 5.21. The van der Waals surface area contributed by atoms with E-state index in [0.717, 1.165) is 11.8 Å². The largest absolute Gasteiger partial charge is 0.364 e. The summed E-state index contributed by atoms with van der Waals surface area (Å²) in [5.74, 6) is -0.599. The average Bonchev–Trinajstić information content (AvgIpc) is 2.83. The van der Waals surface area contributed by atoms with Gasteiger partial charge in [-0.1, -0.05) is 0 Å². The molecule has 0 aliphatic carbocycles. The Balaban J connectivity index is 2.22. The second-order valence-corrected chi connectivity index (χ2v) is 6.18. The van der Waals surface area contributed by atoms with Gasteiger partial charge in [0.15, 0.2) is 0 Å². The molecule has 7 heteroatoms. The second-order valence-electron chi connectivity index (χ2n) is 3.59. The minimum atomic E-state index is -3.75. The lowest BCUT2D eigenvalue weighted by Gasteiger charge is -2.07. The molecular weight excluding hydrogens is 323 g/mol. The van der Waals surface area contributed by atoms with Gasteiger partial charge >= 0.3 is 0 Å². The number of sulfonamides is 1. The summed E-state index contributed by atoms with van der Waals surface area (Å²) in [6.45, 7) is 0.123. The van der Waals surface area contributed by atoms with Crippen LogP contribution in [-0.4, -0.2) is 13.4 Å². The van der Waals surface area contributed by atoms with Crippen LogP contribution in [-0.2, 0) is 16.6 Å². The molecule has 0 aliphatic rings. The lowest BCUT2D eigenvalue weighted by atomic mass is 10.3. The number of H-pyrrole nitrogens is 1. The molecule has 1 aromatic heterocycles. The molecule has 96 valence electrons. The Morgan fingerprint density at radius 1 is 1.33 bits per heavy atom. The SMILES string of the molecule is O=S(=O)(NCc1ccc[nH]1)c1cc(F)ccc1Br. The van der Waals surface area contributed by atoms with E-state index in [4.69, 9.17) is 0 Å². The van der Waals surface area contributed by atoms with Crippen molar-refractivity contribution >= 4 is 26.0 Å². The topological polar surface area (TPSA) is 62.0 Å². The van der Waals surface area contributed by atoms with E-state index in [1.165, 1.54) is 12.1 Å². The maximum absolute atomic E-state index is 13.1. The maximum atomic E-state index is 13.1. The third-order valence-electron chi connectivity index (χ3n) is 2.30. The molecule has 0 fully saturated rings. The molecule has 0 amide bonds. The van der Waals surface area contributed by atoms with Gasteiger partial charge in [-0.15, -0.1) is 0 Å². The fraction of sp³-hybridized carbons (Fsp3) is 0.0909. The monoisotopic (exact) mass is 332 g/mol. The van der Waals surface area contributed by atoms with E-state index >= 15 is 0 Å². The van der Waals surface area contributed by atoms with Gasteiger partial charge in [-0.2, -0.15) is 0 Å². The molecule has 1 aromatic carbocycles. The zero-order valence-corrected chi connectivity index (χ0v) is 11.6. The van der Waals surface area contributed by atoms with Crippen LogP contribution in [0.2, 0.25) is 0 Å². The van der Waals surface area contributed by atoms with Gasteiger partial charge in [-0.25, -0.2) is 17.5 Å². The van der Waals surface area contributed by atoms with Gasteiger partial charge in [-0.3, -0.25) is 0 Å². The Hall–Kier alpha value is -1.18. The van der Waals surface area contributed by atoms with Crippen molar-refractivity contribution in [3.63, 3.8) is 0 Å². The molecule has 0 saturated heterocycles. The number of aromatic amines is 1. The highest BCUT2D eigenvalue weighted by Crippen LogP contribution is 2.22. The highest BCUT2D eigenvalue weighted by Gasteiger charge is 2.18. The van der Waals surface area contributed by atoms with Crippen molar-refractivity contribution in [3.05, 3.63) is 52.5 Å². The van der Waals surface area contributed by atoms with E-state index in [1.807, 2.05) is 0 Å². The normalized spacial score (nSPS) is 11.7. The first-order valence-corrected chi connectivity index (χ1v) is 7.33. The van der Waals surface area contributed by atoms with Gasteiger partial charge in [0.05, 0.1) is 11.4 Å². The van der Waals surface area contributed by atoms with Crippen molar-refractivity contribution in [1.29, 1.82) is 0 Å². The highest BCUT2D eigenvalue weighted by atomic mass is 79.9. The van der Waals surface area contributed by atoms with Crippen LogP contribution < -0.4 is 4.72 Å². The molecule has 0 saturated carbocycles. The van der Waals surface area contributed by atoms with Crippen LogP contribution in [0.4, 0.5) is 4.39 Å². The summed E-state index contributed by atoms with van der Waals surface area (Å²) < 4.78 is 39.7. The number of aromatic nitrogens is 1. The summed E-state index contributed by atoms with van der Waals surface area (Å²) >= 11 is 3.09. The lowest BCUT2D eigenvalue weighted by molar-refractivity contribution is 0.576. The molecule has 0 atom stereocenters. The van der Waals surface area contributed by atoms with Crippen molar-refractivity contribution in [1.82, 2.24) is 9.71 Å². The summed E-state index contributed by atoms with van der Waals surface area (Å²) in [7, 11) is -3.75. The van der Waals surface area contributed by atoms with Crippen LogP contribution in [0, 0.1) is 5.82 Å². The first-order chi connectivity index (χ1) is 8.49. The predicted octanol–water partition coefficient (Wildman–Crippen LogP) is 2.39. The molecule has 0 bridgehead atoms. The van der Waals surface area contributed by atoms with Gasteiger partial charge in [0.2, 0.25) is 10.0 Å². The minimum absolute atomic E-state index is 0.117. The van der Waals surface area contributed by atoms with E-state index in [-0.39, 0.29) is 11.4 Å². The van der Waals surface area contributed by atoms with Crippen molar-refractivity contribution < 1.29 is 12.8 Å². The molecule has 1 heterocycles. The van der Waals surface area contributed by atoms with Crippen molar-refractivity contribution in [3.8, 4) is 0 Å². The molecule has 0 unspecified atom stereocenters. The van der Waals surface area contributed by atoms with E-state index in [1.54, 1.807) is 18.3 Å². The number of halogens is 2. The van der Waals surface area contributed by atoms with Gasteiger partial charge < -0.3 is 4.98 Å². The molecule has 0 spiro atoms. The Bertz CT molecular complexity index is 641. The van der Waals surface area contributed by atoms with E-state index in [0.29, 0.717) is 4.47 Å². The number of hydrogen-bond donors (Lipinski definition) is 2. The summed E-state index contributed by atoms with van der Waals surface area (Å²) in [6, 6.07) is 7.04. The summed E-state index contributed by atoms with van der Waals surface area (Å²) in [6.07, 6.45) is 1.70. The quantitative estimate of drug-likeness (QED) is 0.903. The van der Waals surface area contributed by atoms with Gasteiger partial charge in [-0.05, 0) is 46.3 Å². The molecular formula is C11H10BrFN2O2S. The lowest BCUT2D eigenvalue weighted by Crippen LogP contribution is -2.23. The predicted molar refractivity (Wildman–Crippen MR) is 68.9 cm³/mol. The van der Waals surface area contributed by atoms with Crippen LogP contribution in [0.25, 0.3) is 0 Å². The van der Waals surface area contributed by atoms with Crippen LogP contribution in [0.15, 0.2) is 45.9 Å². The third-order valence-corrected chi connectivity index (χ3v) is 4.69. The van der Waals surface area contributed by atoms with Crippen molar-refractivity contribution in [2.45, 2.75) is 11.4 Å². The average molecular weight is 333 g/mol. The Kier molecular flexibility index (Phi) is 3.84. The highest BCUT2D eigenvalue weighted by molar-refractivity contribution is 9.10. The smallest absolute Gasteiger partial charge is 0.242 e. The van der Waals surface area contributed by atoms with E-state index in [9.17, 15) is 12.8 Å². The minimum Gasteiger partial charge on any atom is -0.364 e. The van der Waals surface area contributed by atoms with Crippen molar-refractivity contribution in [2.75, 3.05) is 0 Å². The number of benzene rings is 1. The van der Waals surface area contributed by atoms with Crippen LogP contribution in [0.1, 0.15) is 5.69 Å². The Morgan fingerprint density at radius 2 is 2.11 bits per heavy atom. The van der Waals surface area contributed by atoms with Crippen LogP contribution >= 0.6 is 15.9 Å². The molecule has 2 rings (SSSR count). The molecule has 0 aliphatic heterocycles. The van der Waals surface area contributed by atoms with Crippen LogP contribution in [0.5, 0.6) is 0 Å². The molecule has 18 heavy (non-hydrogen) atoms. The van der Waals surface area contributed by atoms with Gasteiger partial charge in [0.25, 0.3) is 0 Å². The van der Waals surface area contributed by atoms with Crippen LogP contribution in [0.3, 0.4) is 0 Å². The number of nitrogens with one attached hydrogen (secondary N) is 2. The van der Waals surface area contributed by atoms with Gasteiger partial charge in [0.1, 0.15) is 5.82 Å².